The molecule has 3 unspecified atom stereocenters. The van der Waals surface area contributed by atoms with Gasteiger partial charge >= 0.3 is 0 Å². The summed E-state index contributed by atoms with van der Waals surface area (Å²) in [5.41, 5.74) is 2.57. The normalized spacial score (nSPS) is 12.5. The van der Waals surface area contributed by atoms with Gasteiger partial charge in [-0.1, -0.05) is 53.5 Å². The number of amides is 1. The lowest BCUT2D eigenvalue weighted by molar-refractivity contribution is -0.105. The molecule has 3 rings (SSSR count). The number of carbonyl (C=O) groups excluding carboxylic acids is 1. The largest absolute Gasteiger partial charge is 0.329 e. The van der Waals surface area contributed by atoms with Gasteiger partial charge in [0.25, 0.3) is 0 Å². The molecule has 190 valence electrons. The molecule has 3 N–H and O–H groups in total. The van der Waals surface area contributed by atoms with Crippen LogP contribution in [0.1, 0.15) is 19.4 Å². The quantitative estimate of drug-likeness (QED) is 0.194. The number of carbonyl (C=O) groups is 1. The molecule has 0 aliphatic rings. The first-order valence-corrected chi connectivity index (χ1v) is 13.4. The third-order valence-corrected chi connectivity index (χ3v) is 7.03. The van der Waals surface area contributed by atoms with E-state index in [1.807, 2.05) is 39.1 Å². The number of hydrogen-bond acceptors (Lipinski definition) is 3. The van der Waals surface area contributed by atoms with Gasteiger partial charge in [0, 0.05) is 28.7 Å². The van der Waals surface area contributed by atoms with Gasteiger partial charge in [-0.05, 0) is 68.9 Å². The maximum atomic E-state index is 12.1. The zero-order valence-electron chi connectivity index (χ0n) is 19.6. The summed E-state index contributed by atoms with van der Waals surface area (Å²) in [7, 11) is 0.522. The minimum atomic E-state index is -1.43. The maximum Gasteiger partial charge on any atom is 0.211 e. The summed E-state index contributed by atoms with van der Waals surface area (Å²) in [5, 5.41) is 6.59. The zero-order valence-corrected chi connectivity index (χ0v) is 23.4. The van der Waals surface area contributed by atoms with E-state index in [1.165, 1.54) is 5.56 Å². The molecule has 3 aromatic rings. The molecule has 5 nitrogen and oxygen atoms in total. The highest BCUT2D eigenvalue weighted by atomic mass is 35.5. The lowest BCUT2D eigenvalue weighted by Crippen LogP contribution is -2.05. The van der Waals surface area contributed by atoms with E-state index in [2.05, 4.69) is 27.5 Å². The Hall–Kier alpha value is -1.80. The van der Waals surface area contributed by atoms with E-state index in [1.54, 1.807) is 42.5 Å². The molecule has 1 amide bonds. The molecule has 3 aromatic carbocycles. The molecule has 0 aromatic heterocycles. The highest BCUT2D eigenvalue weighted by Gasteiger charge is 2.06. The molecular weight excluding hydrogens is 548 g/mol. The third kappa shape index (κ3) is 13.2. The van der Waals surface area contributed by atoms with E-state index in [4.69, 9.17) is 46.4 Å². The Morgan fingerprint density at radius 3 is 1.91 bits per heavy atom. The fraction of sp³-hybridized carbons (Fsp3) is 0.240. The van der Waals surface area contributed by atoms with Gasteiger partial charge in [-0.2, -0.15) is 0 Å². The number of halogens is 4. The summed E-state index contributed by atoms with van der Waals surface area (Å²) in [6, 6.07) is 21.9. The lowest BCUT2D eigenvalue weighted by atomic mass is 10.2. The molecule has 0 bridgehead atoms. The minimum absolute atomic E-state index is 0.0895. The van der Waals surface area contributed by atoms with Crippen molar-refractivity contribution in [1.29, 1.82) is 0 Å². The van der Waals surface area contributed by atoms with Gasteiger partial charge in [-0.15, -0.1) is 23.2 Å². The predicted octanol–water partition coefficient (Wildman–Crippen LogP) is 7.34. The summed E-state index contributed by atoms with van der Waals surface area (Å²) in [5.74, 6) is 0. The minimum Gasteiger partial charge on any atom is -0.329 e. The summed E-state index contributed by atoms with van der Waals surface area (Å²) >= 11 is 22.7. The first-order chi connectivity index (χ1) is 16.7. The summed E-state index contributed by atoms with van der Waals surface area (Å²) in [4.78, 5) is 10.9. The molecule has 0 radical (unpaired) electrons. The Balaban J connectivity index is 0.000000336. The van der Waals surface area contributed by atoms with Crippen LogP contribution in [0.5, 0.6) is 0 Å². The Labute approximate surface area is 230 Å². The highest BCUT2D eigenvalue weighted by molar-refractivity contribution is 7.86. The van der Waals surface area contributed by atoms with Crippen LogP contribution in [0.2, 0.25) is 10.0 Å². The van der Waals surface area contributed by atoms with E-state index in [9.17, 15) is 9.00 Å². The van der Waals surface area contributed by atoms with Crippen molar-refractivity contribution in [3.8, 4) is 0 Å². The number of alkyl halides is 2. The van der Waals surface area contributed by atoms with Crippen LogP contribution in [0, 0.1) is 0 Å². The number of hydrogen-bond donors (Lipinski definition) is 3. The molecular formula is C25H29Cl4N3O2S. The van der Waals surface area contributed by atoms with E-state index in [0.717, 1.165) is 6.54 Å². The second-order valence-corrected chi connectivity index (χ2v) is 10.6. The smallest absolute Gasteiger partial charge is 0.211 e. The molecule has 0 heterocycles. The van der Waals surface area contributed by atoms with Crippen LogP contribution in [-0.4, -0.2) is 28.4 Å². The van der Waals surface area contributed by atoms with Crippen molar-refractivity contribution in [2.45, 2.75) is 36.0 Å². The molecule has 0 saturated carbocycles. The van der Waals surface area contributed by atoms with E-state index in [-0.39, 0.29) is 10.8 Å². The summed E-state index contributed by atoms with van der Waals surface area (Å²) in [6.07, 6.45) is 0.583. The fourth-order valence-corrected chi connectivity index (χ4v) is 3.41. The van der Waals surface area contributed by atoms with Crippen LogP contribution in [-0.2, 0) is 22.3 Å². The van der Waals surface area contributed by atoms with Crippen molar-refractivity contribution in [1.82, 2.24) is 5.32 Å². The van der Waals surface area contributed by atoms with Gasteiger partial charge in [0.1, 0.15) is 11.0 Å². The van der Waals surface area contributed by atoms with Gasteiger partial charge in [-0.25, -0.2) is 4.21 Å². The maximum absolute atomic E-state index is 12.1. The Bertz CT molecular complexity index is 1030. The van der Waals surface area contributed by atoms with Crippen molar-refractivity contribution < 1.29 is 9.00 Å². The van der Waals surface area contributed by atoms with Crippen LogP contribution >= 0.6 is 46.4 Å². The second-order valence-electron chi connectivity index (χ2n) is 7.16. The topological polar surface area (TPSA) is 70.2 Å². The monoisotopic (exact) mass is 575 g/mol. The molecule has 35 heavy (non-hydrogen) atoms. The predicted molar refractivity (Wildman–Crippen MR) is 152 cm³/mol. The Kier molecular flexibility index (Phi) is 15.7. The third-order valence-electron chi connectivity index (χ3n) is 4.28. The van der Waals surface area contributed by atoms with Crippen molar-refractivity contribution >= 4 is 75.2 Å². The lowest BCUT2D eigenvalue weighted by Gasteiger charge is -2.07. The highest BCUT2D eigenvalue weighted by Crippen LogP contribution is 2.26. The molecule has 0 fully saturated rings. The van der Waals surface area contributed by atoms with Crippen LogP contribution < -0.4 is 15.4 Å². The SMILES string of the molecule is CC(Cl)C(C)Cl.CNCc1ccccc1.O=CNc1ccc(S(=O)Nc2ccc(Cl)c(Cl)c2)cc1. The average Bonchev–Trinajstić information content (AvgIpc) is 2.84. The molecule has 0 saturated heterocycles. The van der Waals surface area contributed by atoms with Crippen molar-refractivity contribution in [2.75, 3.05) is 17.1 Å². The summed E-state index contributed by atoms with van der Waals surface area (Å²) in [6.45, 7) is 4.71. The van der Waals surface area contributed by atoms with Crippen LogP contribution in [0.15, 0.2) is 77.7 Å². The second kappa shape index (κ2) is 17.6. The summed E-state index contributed by atoms with van der Waals surface area (Å²) < 4.78 is 14.9. The van der Waals surface area contributed by atoms with Crippen molar-refractivity contribution in [3.63, 3.8) is 0 Å². The molecule has 0 aliphatic carbocycles. The van der Waals surface area contributed by atoms with E-state index >= 15 is 0 Å². The molecule has 3 atom stereocenters. The van der Waals surface area contributed by atoms with Crippen molar-refractivity contribution in [2.24, 2.45) is 0 Å². The first-order valence-electron chi connectivity index (χ1n) is 10.6. The van der Waals surface area contributed by atoms with Gasteiger partial charge in [0.15, 0.2) is 0 Å². The fourth-order valence-electron chi connectivity index (χ4n) is 2.27. The van der Waals surface area contributed by atoms with Gasteiger partial charge in [0.05, 0.1) is 14.9 Å². The van der Waals surface area contributed by atoms with Crippen LogP contribution in [0.25, 0.3) is 0 Å². The van der Waals surface area contributed by atoms with Gasteiger partial charge in [0.2, 0.25) is 6.41 Å². The standard InChI is InChI=1S/C13H10Cl2N2O2S.C8H11N.C4H8Cl2/c14-12-6-3-10(7-13(12)15)17-20(19)11-4-1-9(2-5-11)16-8-18;1-9-7-8-5-3-2-4-6-8;1-3(5)4(2)6/h1-8,17H,(H,16,18);2-6,9H,7H2,1H3;3-4H,1-2H3. The average molecular weight is 577 g/mol. The molecule has 0 spiro atoms. The Morgan fingerprint density at radius 1 is 0.857 bits per heavy atom. The van der Waals surface area contributed by atoms with E-state index in [0.29, 0.717) is 32.7 Å². The van der Waals surface area contributed by atoms with Crippen LogP contribution in [0.3, 0.4) is 0 Å². The van der Waals surface area contributed by atoms with E-state index < -0.39 is 11.0 Å². The number of anilines is 2. The number of nitrogens with one attached hydrogen (secondary N) is 3. The van der Waals surface area contributed by atoms with Gasteiger partial charge < -0.3 is 15.4 Å². The molecule has 10 heteroatoms. The zero-order chi connectivity index (χ0) is 26.2. The van der Waals surface area contributed by atoms with Crippen molar-refractivity contribution in [3.05, 3.63) is 88.4 Å². The number of rotatable bonds is 8. The Morgan fingerprint density at radius 2 is 1.43 bits per heavy atom. The molecule has 0 aliphatic heterocycles. The number of benzene rings is 3. The van der Waals surface area contributed by atoms with Gasteiger partial charge in [-0.3, -0.25) is 4.79 Å². The van der Waals surface area contributed by atoms with Crippen LogP contribution in [0.4, 0.5) is 11.4 Å². The first kappa shape index (κ1) is 31.2.